The molecule has 5 aromatic rings. The van der Waals surface area contributed by atoms with Crippen LogP contribution in [0.5, 0.6) is 11.5 Å². The average molecular weight is 578 g/mol. The number of phenols is 1. The third-order valence-electron chi connectivity index (χ3n) is 6.53. The van der Waals surface area contributed by atoms with E-state index in [9.17, 15) is 19.1 Å². The van der Waals surface area contributed by atoms with E-state index in [2.05, 4.69) is 10.6 Å². The van der Waals surface area contributed by atoms with Crippen LogP contribution >= 0.6 is 0 Å². The highest BCUT2D eigenvalue weighted by molar-refractivity contribution is 6.01. The molecule has 43 heavy (non-hydrogen) atoms. The van der Waals surface area contributed by atoms with Gasteiger partial charge in [-0.15, -0.1) is 0 Å². The number of nitrogens with one attached hydrogen (secondary N) is 2. The first kappa shape index (κ1) is 28.7. The molecule has 5 N–H and O–H groups in total. The lowest BCUT2D eigenvalue weighted by atomic mass is 10.0. The molecule has 0 aliphatic heterocycles. The standard InChI is InChI=1S/C34H28FN3O5/c35-26-21-23(17-18-30(26)39)33(43-34(41)38-28-16-8-10-22-9-4-5-13-25(22)28)31(42-24-11-2-1-3-12-24)19-20-32(40)37-29-15-7-6-14-27(29)36/h1-21,31,33,39H,36H2,(H,37,40)(H,38,41)/b20-19+/t31-,33-/m1/s1. The Morgan fingerprint density at radius 3 is 2.30 bits per heavy atom. The first-order chi connectivity index (χ1) is 20.9. The van der Waals surface area contributed by atoms with Crippen LogP contribution in [0.25, 0.3) is 10.8 Å². The molecule has 8 nitrogen and oxygen atoms in total. The topological polar surface area (TPSA) is 123 Å². The van der Waals surface area contributed by atoms with Gasteiger partial charge in [-0.3, -0.25) is 10.1 Å². The molecule has 0 spiro atoms. The largest absolute Gasteiger partial charge is 0.505 e. The SMILES string of the molecule is Nc1ccccc1NC(=O)/C=C/[C@@H](Oc1ccccc1)[C@H](OC(=O)Nc1cccc2ccccc12)c1ccc(O)c(F)c1. The molecule has 5 aromatic carbocycles. The van der Waals surface area contributed by atoms with Gasteiger partial charge in [0, 0.05) is 11.5 Å². The van der Waals surface area contributed by atoms with Gasteiger partial charge in [-0.2, -0.15) is 0 Å². The summed E-state index contributed by atoms with van der Waals surface area (Å²) in [6, 6.07) is 32.0. The number of ether oxygens (including phenoxy) is 2. The van der Waals surface area contributed by atoms with Crippen molar-refractivity contribution in [3.63, 3.8) is 0 Å². The summed E-state index contributed by atoms with van der Waals surface area (Å²) in [6.07, 6.45) is -0.580. The Morgan fingerprint density at radius 2 is 1.51 bits per heavy atom. The number of para-hydroxylation sites is 3. The summed E-state index contributed by atoms with van der Waals surface area (Å²) in [6.45, 7) is 0. The fourth-order valence-corrected chi connectivity index (χ4v) is 4.44. The minimum absolute atomic E-state index is 0.182. The first-order valence-corrected chi connectivity index (χ1v) is 13.4. The number of hydrogen-bond acceptors (Lipinski definition) is 6. The Hall–Kier alpha value is -5.83. The average Bonchev–Trinajstić information content (AvgIpc) is 3.01. The smallest absolute Gasteiger partial charge is 0.412 e. The fourth-order valence-electron chi connectivity index (χ4n) is 4.44. The van der Waals surface area contributed by atoms with Crippen molar-refractivity contribution in [3.8, 4) is 11.5 Å². The van der Waals surface area contributed by atoms with Crippen LogP contribution in [0.3, 0.4) is 0 Å². The van der Waals surface area contributed by atoms with E-state index in [0.717, 1.165) is 22.9 Å². The normalized spacial score (nSPS) is 12.4. The third-order valence-corrected chi connectivity index (χ3v) is 6.53. The number of benzene rings is 5. The number of phenolic OH excluding ortho intramolecular Hbond substituents is 1. The minimum atomic E-state index is -1.25. The van der Waals surface area contributed by atoms with E-state index in [1.807, 2.05) is 30.3 Å². The summed E-state index contributed by atoms with van der Waals surface area (Å²) in [5.74, 6) is -1.60. The molecule has 0 bridgehead atoms. The van der Waals surface area contributed by atoms with Crippen molar-refractivity contribution in [2.24, 2.45) is 0 Å². The van der Waals surface area contributed by atoms with E-state index in [4.69, 9.17) is 15.2 Å². The van der Waals surface area contributed by atoms with E-state index < -0.39 is 35.8 Å². The molecule has 0 saturated carbocycles. The number of halogens is 1. The molecule has 0 fully saturated rings. The predicted octanol–water partition coefficient (Wildman–Crippen LogP) is 7.20. The van der Waals surface area contributed by atoms with Crippen molar-refractivity contribution >= 4 is 39.8 Å². The van der Waals surface area contributed by atoms with Gasteiger partial charge in [-0.1, -0.05) is 72.8 Å². The lowest BCUT2D eigenvalue weighted by Crippen LogP contribution is -2.30. The summed E-state index contributed by atoms with van der Waals surface area (Å²) in [5, 5.41) is 17.0. The monoisotopic (exact) mass is 577 g/mol. The number of nitrogen functional groups attached to an aromatic ring is 1. The van der Waals surface area contributed by atoms with Crippen molar-refractivity contribution in [2.45, 2.75) is 12.2 Å². The number of hydrogen-bond donors (Lipinski definition) is 4. The first-order valence-electron chi connectivity index (χ1n) is 13.4. The van der Waals surface area contributed by atoms with Crippen LogP contribution in [-0.4, -0.2) is 23.2 Å². The number of rotatable bonds is 9. The highest BCUT2D eigenvalue weighted by atomic mass is 19.1. The van der Waals surface area contributed by atoms with Crippen molar-refractivity contribution in [1.82, 2.24) is 0 Å². The van der Waals surface area contributed by atoms with Crippen LogP contribution < -0.4 is 21.1 Å². The summed E-state index contributed by atoms with van der Waals surface area (Å²) in [7, 11) is 0. The number of amides is 2. The minimum Gasteiger partial charge on any atom is -0.505 e. The maximum atomic E-state index is 14.5. The Kier molecular flexibility index (Phi) is 8.82. The van der Waals surface area contributed by atoms with Gasteiger partial charge in [0.05, 0.1) is 17.1 Å². The molecule has 0 aromatic heterocycles. The second-order valence-electron chi connectivity index (χ2n) is 9.52. The molecule has 0 heterocycles. The van der Waals surface area contributed by atoms with Crippen LogP contribution in [0.1, 0.15) is 11.7 Å². The van der Waals surface area contributed by atoms with Crippen LogP contribution in [0.15, 0.2) is 127 Å². The number of anilines is 3. The molecule has 216 valence electrons. The highest BCUT2D eigenvalue weighted by Gasteiger charge is 2.29. The Bertz CT molecular complexity index is 1770. The Morgan fingerprint density at radius 1 is 0.814 bits per heavy atom. The predicted molar refractivity (Wildman–Crippen MR) is 164 cm³/mol. The number of fused-ring (bicyclic) bond motifs is 1. The van der Waals surface area contributed by atoms with Crippen LogP contribution in [-0.2, 0) is 9.53 Å². The van der Waals surface area contributed by atoms with E-state index in [0.29, 0.717) is 22.8 Å². The number of nitrogens with two attached hydrogens (primary N) is 1. The lowest BCUT2D eigenvalue weighted by Gasteiger charge is -2.26. The van der Waals surface area contributed by atoms with E-state index in [1.165, 1.54) is 18.2 Å². The molecule has 2 atom stereocenters. The zero-order valence-corrected chi connectivity index (χ0v) is 22.8. The zero-order valence-electron chi connectivity index (χ0n) is 22.8. The number of carbonyl (C=O) groups excluding carboxylic acids is 2. The van der Waals surface area contributed by atoms with Crippen molar-refractivity contribution in [1.29, 1.82) is 0 Å². The zero-order chi connectivity index (χ0) is 30.2. The molecule has 5 rings (SSSR count). The van der Waals surface area contributed by atoms with Crippen molar-refractivity contribution in [2.75, 3.05) is 16.4 Å². The Labute approximate surface area is 247 Å². The third kappa shape index (κ3) is 7.28. The summed E-state index contributed by atoms with van der Waals surface area (Å²) in [4.78, 5) is 26.2. The molecule has 9 heteroatoms. The second kappa shape index (κ2) is 13.2. The van der Waals surface area contributed by atoms with Gasteiger partial charge in [0.25, 0.3) is 0 Å². The lowest BCUT2D eigenvalue weighted by molar-refractivity contribution is -0.112. The van der Waals surface area contributed by atoms with Gasteiger partial charge < -0.3 is 25.6 Å². The maximum absolute atomic E-state index is 14.5. The van der Waals surface area contributed by atoms with Crippen molar-refractivity contribution in [3.05, 3.63) is 139 Å². The molecule has 0 radical (unpaired) electrons. The molecule has 0 aliphatic carbocycles. The molecule has 0 aliphatic rings. The van der Waals surface area contributed by atoms with Gasteiger partial charge in [0.2, 0.25) is 5.91 Å². The van der Waals surface area contributed by atoms with Gasteiger partial charge in [-0.25, -0.2) is 9.18 Å². The molecular formula is C34H28FN3O5. The quantitative estimate of drug-likeness (QED) is 0.109. The van der Waals surface area contributed by atoms with Gasteiger partial charge >= 0.3 is 6.09 Å². The molecule has 0 unspecified atom stereocenters. The number of aromatic hydroxyl groups is 1. The summed E-state index contributed by atoms with van der Waals surface area (Å²) >= 11 is 0. The van der Waals surface area contributed by atoms with Gasteiger partial charge in [0.15, 0.2) is 23.8 Å². The maximum Gasteiger partial charge on any atom is 0.412 e. The molecule has 2 amide bonds. The van der Waals surface area contributed by atoms with Crippen molar-refractivity contribution < 1.29 is 28.6 Å². The van der Waals surface area contributed by atoms with Gasteiger partial charge in [-0.05, 0) is 59.5 Å². The van der Waals surface area contributed by atoms with E-state index in [-0.39, 0.29) is 5.56 Å². The highest BCUT2D eigenvalue weighted by Crippen LogP contribution is 2.31. The van der Waals surface area contributed by atoms with E-state index >= 15 is 0 Å². The molecule has 0 saturated heterocycles. The van der Waals surface area contributed by atoms with Crippen LogP contribution in [0.4, 0.5) is 26.2 Å². The van der Waals surface area contributed by atoms with Gasteiger partial charge in [0.1, 0.15) is 5.75 Å². The second-order valence-corrected chi connectivity index (χ2v) is 9.52. The number of carbonyl (C=O) groups is 2. The fraction of sp³-hybridized carbons (Fsp3) is 0.0588. The van der Waals surface area contributed by atoms with Crippen LogP contribution in [0.2, 0.25) is 0 Å². The Balaban J connectivity index is 1.47. The van der Waals surface area contributed by atoms with E-state index in [1.54, 1.807) is 66.7 Å². The molecular weight excluding hydrogens is 549 g/mol. The summed E-state index contributed by atoms with van der Waals surface area (Å²) < 4.78 is 26.6. The summed E-state index contributed by atoms with van der Waals surface area (Å²) in [5.41, 5.74) is 7.44. The van der Waals surface area contributed by atoms with Crippen LogP contribution in [0, 0.1) is 5.82 Å².